The van der Waals surface area contributed by atoms with Crippen molar-refractivity contribution in [2.75, 3.05) is 6.54 Å². The average Bonchev–Trinajstić information content (AvgIpc) is 2.17. The Bertz CT molecular complexity index is 297. The van der Waals surface area contributed by atoms with E-state index in [-0.39, 0.29) is 29.3 Å². The molecule has 0 fully saturated rings. The summed E-state index contributed by atoms with van der Waals surface area (Å²) >= 11 is 0. The van der Waals surface area contributed by atoms with Gasteiger partial charge in [-0.1, -0.05) is 12.1 Å². The standard InChI is InChI=1S/C10H12FNO.BrH/c11-6-9(7-12)5-8-1-3-10(13)4-2-8;/h1-4,6,13H,5,7,12H2;1H/b9-6-;. The molecule has 0 aromatic heterocycles. The molecule has 0 saturated carbocycles. The Hall–Kier alpha value is -0.870. The van der Waals surface area contributed by atoms with Gasteiger partial charge in [-0.3, -0.25) is 0 Å². The SMILES string of the molecule is Br.NC/C(=C\F)Cc1ccc(O)cc1. The predicted octanol–water partition coefficient (Wildman–Crippen LogP) is 2.32. The third kappa shape index (κ3) is 3.89. The van der Waals surface area contributed by atoms with Crippen molar-refractivity contribution in [2.45, 2.75) is 6.42 Å². The van der Waals surface area contributed by atoms with E-state index in [9.17, 15) is 4.39 Å². The van der Waals surface area contributed by atoms with E-state index < -0.39 is 0 Å². The third-order valence-electron chi connectivity index (χ3n) is 1.78. The molecule has 0 saturated heterocycles. The first-order valence-electron chi connectivity index (χ1n) is 4.02. The van der Waals surface area contributed by atoms with Crippen LogP contribution in [0.3, 0.4) is 0 Å². The zero-order valence-corrected chi connectivity index (χ0v) is 9.32. The topological polar surface area (TPSA) is 46.2 Å². The van der Waals surface area contributed by atoms with Crippen LogP contribution >= 0.6 is 17.0 Å². The number of phenolic OH excluding ortho intramolecular Hbond substituents is 1. The molecular weight excluding hydrogens is 249 g/mol. The molecule has 0 aliphatic carbocycles. The lowest BCUT2D eigenvalue weighted by molar-refractivity contribution is 0.475. The number of rotatable bonds is 3. The number of hydrogen-bond donors (Lipinski definition) is 2. The first-order valence-corrected chi connectivity index (χ1v) is 4.02. The molecule has 0 heterocycles. The first-order chi connectivity index (χ1) is 6.26. The quantitative estimate of drug-likeness (QED) is 0.878. The molecule has 78 valence electrons. The summed E-state index contributed by atoms with van der Waals surface area (Å²) in [7, 11) is 0. The maximum atomic E-state index is 12.1. The van der Waals surface area contributed by atoms with Crippen LogP contribution in [-0.4, -0.2) is 11.7 Å². The maximum Gasteiger partial charge on any atom is 0.115 e. The summed E-state index contributed by atoms with van der Waals surface area (Å²) in [6.07, 6.45) is 1.03. The summed E-state index contributed by atoms with van der Waals surface area (Å²) < 4.78 is 12.1. The number of halogens is 2. The highest BCUT2D eigenvalue weighted by Gasteiger charge is 1.97. The number of phenols is 1. The van der Waals surface area contributed by atoms with Gasteiger partial charge in [-0.2, -0.15) is 0 Å². The van der Waals surface area contributed by atoms with E-state index in [0.29, 0.717) is 18.3 Å². The summed E-state index contributed by atoms with van der Waals surface area (Å²) in [5.41, 5.74) is 6.79. The Labute approximate surface area is 93.0 Å². The van der Waals surface area contributed by atoms with Gasteiger partial charge < -0.3 is 10.8 Å². The third-order valence-corrected chi connectivity index (χ3v) is 1.78. The second-order valence-corrected chi connectivity index (χ2v) is 2.81. The van der Waals surface area contributed by atoms with Gasteiger partial charge in [0.1, 0.15) is 5.75 Å². The van der Waals surface area contributed by atoms with Gasteiger partial charge in [-0.15, -0.1) is 17.0 Å². The van der Waals surface area contributed by atoms with Crippen LogP contribution in [0, 0.1) is 0 Å². The van der Waals surface area contributed by atoms with Gasteiger partial charge in [-0.25, -0.2) is 4.39 Å². The van der Waals surface area contributed by atoms with Crippen molar-refractivity contribution in [2.24, 2.45) is 5.73 Å². The summed E-state index contributed by atoms with van der Waals surface area (Å²) in [6, 6.07) is 6.63. The van der Waals surface area contributed by atoms with Crippen molar-refractivity contribution in [1.29, 1.82) is 0 Å². The van der Waals surface area contributed by atoms with Crippen molar-refractivity contribution in [3.8, 4) is 5.75 Å². The van der Waals surface area contributed by atoms with Gasteiger partial charge in [0.2, 0.25) is 0 Å². The Morgan fingerprint density at radius 1 is 1.36 bits per heavy atom. The summed E-state index contributed by atoms with van der Waals surface area (Å²) in [4.78, 5) is 0. The van der Waals surface area contributed by atoms with Crippen molar-refractivity contribution >= 4 is 17.0 Å². The molecule has 1 aromatic carbocycles. The van der Waals surface area contributed by atoms with Crippen molar-refractivity contribution in [3.05, 3.63) is 41.7 Å². The van der Waals surface area contributed by atoms with Crippen molar-refractivity contribution < 1.29 is 9.50 Å². The van der Waals surface area contributed by atoms with Crippen LogP contribution < -0.4 is 5.73 Å². The number of hydrogen-bond acceptors (Lipinski definition) is 2. The zero-order chi connectivity index (χ0) is 9.68. The van der Waals surface area contributed by atoms with Crippen LogP contribution in [0.15, 0.2) is 36.2 Å². The van der Waals surface area contributed by atoms with E-state index in [4.69, 9.17) is 10.8 Å². The van der Waals surface area contributed by atoms with Gasteiger partial charge in [0.15, 0.2) is 0 Å². The first kappa shape index (κ1) is 13.1. The molecule has 2 nitrogen and oxygen atoms in total. The molecule has 14 heavy (non-hydrogen) atoms. The van der Waals surface area contributed by atoms with Gasteiger partial charge in [0.05, 0.1) is 6.33 Å². The Morgan fingerprint density at radius 2 is 1.93 bits per heavy atom. The summed E-state index contributed by atoms with van der Waals surface area (Å²) in [6.45, 7) is 0.220. The van der Waals surface area contributed by atoms with Gasteiger partial charge in [-0.05, 0) is 29.7 Å². The van der Waals surface area contributed by atoms with E-state index >= 15 is 0 Å². The monoisotopic (exact) mass is 261 g/mol. The van der Waals surface area contributed by atoms with Crippen LogP contribution in [0.2, 0.25) is 0 Å². The zero-order valence-electron chi connectivity index (χ0n) is 7.61. The highest BCUT2D eigenvalue weighted by molar-refractivity contribution is 8.93. The molecule has 4 heteroatoms. The molecule has 1 rings (SSSR count). The molecule has 0 amide bonds. The Morgan fingerprint density at radius 3 is 2.36 bits per heavy atom. The number of nitrogens with two attached hydrogens (primary N) is 1. The van der Waals surface area contributed by atoms with Crippen molar-refractivity contribution in [3.63, 3.8) is 0 Å². The molecule has 0 radical (unpaired) electrons. The average molecular weight is 262 g/mol. The molecule has 3 N–H and O–H groups in total. The molecule has 0 atom stereocenters. The maximum absolute atomic E-state index is 12.1. The minimum Gasteiger partial charge on any atom is -0.508 e. The van der Waals surface area contributed by atoms with Crippen LogP contribution in [0.1, 0.15) is 5.56 Å². The molecular formula is C10H13BrFNO. The van der Waals surface area contributed by atoms with Crippen LogP contribution in [0.25, 0.3) is 0 Å². The Balaban J connectivity index is 0.00000169. The molecule has 0 aliphatic rings. The molecule has 0 unspecified atom stereocenters. The lowest BCUT2D eigenvalue weighted by Crippen LogP contribution is -2.05. The minimum absolute atomic E-state index is 0. The molecule has 0 bridgehead atoms. The summed E-state index contributed by atoms with van der Waals surface area (Å²) in [5.74, 6) is 0.210. The van der Waals surface area contributed by atoms with Crippen molar-refractivity contribution in [1.82, 2.24) is 0 Å². The van der Waals surface area contributed by atoms with Gasteiger partial charge in [0, 0.05) is 6.54 Å². The Kier molecular flexibility index (Phi) is 6.16. The van der Waals surface area contributed by atoms with E-state index in [1.807, 2.05) is 0 Å². The summed E-state index contributed by atoms with van der Waals surface area (Å²) in [5, 5.41) is 8.99. The van der Waals surface area contributed by atoms with Crippen LogP contribution in [-0.2, 0) is 6.42 Å². The second-order valence-electron chi connectivity index (χ2n) is 2.81. The fourth-order valence-electron chi connectivity index (χ4n) is 1.03. The fraction of sp³-hybridized carbons (Fsp3) is 0.200. The molecule has 0 aliphatic heterocycles. The lowest BCUT2D eigenvalue weighted by Gasteiger charge is -2.02. The molecule has 0 spiro atoms. The normalized spacial score (nSPS) is 10.9. The second kappa shape index (κ2) is 6.56. The van der Waals surface area contributed by atoms with E-state index in [1.54, 1.807) is 24.3 Å². The predicted molar refractivity (Wildman–Crippen MR) is 60.4 cm³/mol. The number of aromatic hydroxyl groups is 1. The van der Waals surface area contributed by atoms with Gasteiger partial charge in [0.25, 0.3) is 0 Å². The van der Waals surface area contributed by atoms with Gasteiger partial charge >= 0.3 is 0 Å². The van der Waals surface area contributed by atoms with E-state index in [2.05, 4.69) is 0 Å². The van der Waals surface area contributed by atoms with Crippen LogP contribution in [0.4, 0.5) is 4.39 Å². The highest BCUT2D eigenvalue weighted by Crippen LogP contribution is 2.12. The van der Waals surface area contributed by atoms with Crippen LogP contribution in [0.5, 0.6) is 5.75 Å². The largest absolute Gasteiger partial charge is 0.508 e. The smallest absolute Gasteiger partial charge is 0.115 e. The minimum atomic E-state index is 0. The number of benzene rings is 1. The van der Waals surface area contributed by atoms with E-state index in [1.165, 1.54) is 0 Å². The van der Waals surface area contributed by atoms with E-state index in [0.717, 1.165) is 5.56 Å². The highest BCUT2D eigenvalue weighted by atomic mass is 79.9. The lowest BCUT2D eigenvalue weighted by atomic mass is 10.1. The fourth-order valence-corrected chi connectivity index (χ4v) is 1.03. The molecule has 1 aromatic rings.